The van der Waals surface area contributed by atoms with E-state index in [9.17, 15) is 0 Å². The van der Waals surface area contributed by atoms with E-state index in [-0.39, 0.29) is 24.5 Å². The maximum atomic E-state index is 3.36. The predicted molar refractivity (Wildman–Crippen MR) is 44.6 cm³/mol. The van der Waals surface area contributed by atoms with E-state index in [0.717, 1.165) is 10.0 Å². The first-order chi connectivity index (χ1) is 3.80. The van der Waals surface area contributed by atoms with Crippen molar-refractivity contribution >= 4 is 39.0 Å². The molecule has 1 aromatic rings. The predicted octanol–water partition coefficient (Wildman–Crippen LogP) is 2.29. The van der Waals surface area contributed by atoms with Crippen molar-refractivity contribution in [3.63, 3.8) is 0 Å². The first-order valence-electron chi connectivity index (χ1n) is 2.43. The van der Waals surface area contributed by atoms with Gasteiger partial charge in [-0.2, -0.15) is 29.8 Å². The van der Waals surface area contributed by atoms with Gasteiger partial charge in [0, 0.05) is 0 Å². The molecule has 0 fully saturated rings. The van der Waals surface area contributed by atoms with Gasteiger partial charge in [-0.3, -0.25) is 0 Å². The molecule has 0 saturated carbocycles. The number of hydrogen-bond acceptors (Lipinski definition) is 0. The third-order valence-electron chi connectivity index (χ3n) is 0.997. The molecule has 0 radical (unpaired) electrons. The fourth-order valence-electron chi connectivity index (χ4n) is 0.500. The number of halogens is 1. The van der Waals surface area contributed by atoms with E-state index in [1.807, 2.05) is 25.1 Å². The Hall–Kier alpha value is 0.466. The molecule has 0 amide bonds. The summed E-state index contributed by atoms with van der Waals surface area (Å²) in [5, 5.41) is 0. The van der Waals surface area contributed by atoms with Gasteiger partial charge in [-0.25, -0.2) is 0 Å². The summed E-state index contributed by atoms with van der Waals surface area (Å²) in [6.45, 7) is 2.02. The molecule has 0 atom stereocenters. The molecule has 0 unspecified atom stereocenters. The van der Waals surface area contributed by atoms with Gasteiger partial charge in [-0.1, -0.05) is 11.4 Å². The van der Waals surface area contributed by atoms with Crippen molar-refractivity contribution in [1.29, 1.82) is 0 Å². The van der Waals surface area contributed by atoms with Gasteiger partial charge in [0.25, 0.3) is 0 Å². The van der Waals surface area contributed by atoms with Gasteiger partial charge in [-0.05, 0) is 0 Å². The number of benzene rings is 1. The fraction of sp³-hybridized carbons (Fsp3) is 0.143. The summed E-state index contributed by atoms with van der Waals surface area (Å²) in [5.41, 5.74) is 1.16. The summed E-state index contributed by atoms with van der Waals surface area (Å²) in [4.78, 5) is 0. The Kier molecular flexibility index (Phi) is 4.53. The maximum Gasteiger partial charge on any atom is 2.00 e. The smallest absolute Gasteiger partial charge is 1.00 e. The second-order valence-corrected chi connectivity index (χ2v) is 2.50. The van der Waals surface area contributed by atoms with Gasteiger partial charge in [0.2, 0.25) is 0 Å². The van der Waals surface area contributed by atoms with Crippen LogP contribution in [0.1, 0.15) is 6.99 Å². The SMILES string of the molecule is Cc1[c-]cccc1Br.[H-].[Mg+2]. The third-order valence-corrected chi connectivity index (χ3v) is 1.86. The zero-order chi connectivity index (χ0) is 5.98. The largest absolute Gasteiger partial charge is 2.00 e. The molecular formula is C7H7BrMg. The maximum absolute atomic E-state index is 3.36. The molecule has 0 spiro atoms. The molecule has 0 saturated heterocycles. The summed E-state index contributed by atoms with van der Waals surface area (Å²) >= 11 is 3.36. The molecule has 0 aliphatic heterocycles. The monoisotopic (exact) mass is 194 g/mol. The third kappa shape index (κ3) is 2.69. The molecule has 0 bridgehead atoms. The summed E-state index contributed by atoms with van der Waals surface area (Å²) in [7, 11) is 0. The Morgan fingerprint density at radius 2 is 2.33 bits per heavy atom. The summed E-state index contributed by atoms with van der Waals surface area (Å²) < 4.78 is 1.12. The van der Waals surface area contributed by atoms with Crippen molar-refractivity contribution in [2.24, 2.45) is 0 Å². The van der Waals surface area contributed by atoms with E-state index >= 15 is 0 Å². The van der Waals surface area contributed by atoms with E-state index in [1.165, 1.54) is 0 Å². The van der Waals surface area contributed by atoms with Crippen LogP contribution in [0.15, 0.2) is 22.7 Å². The molecule has 0 N–H and O–H groups in total. The van der Waals surface area contributed by atoms with E-state index in [2.05, 4.69) is 22.0 Å². The van der Waals surface area contributed by atoms with Crippen molar-refractivity contribution in [2.75, 3.05) is 0 Å². The van der Waals surface area contributed by atoms with E-state index in [4.69, 9.17) is 0 Å². The Balaban J connectivity index is 0. The van der Waals surface area contributed by atoms with Crippen LogP contribution in [0, 0.1) is 13.0 Å². The zero-order valence-electron chi connectivity index (χ0n) is 6.32. The van der Waals surface area contributed by atoms with Crippen LogP contribution in [0.25, 0.3) is 0 Å². The summed E-state index contributed by atoms with van der Waals surface area (Å²) in [5.74, 6) is 0. The first-order valence-corrected chi connectivity index (χ1v) is 3.23. The second kappa shape index (κ2) is 4.31. The quantitative estimate of drug-likeness (QED) is 0.440. The Bertz CT molecular complexity index is 170. The van der Waals surface area contributed by atoms with E-state index in [0.29, 0.717) is 0 Å². The molecule has 0 nitrogen and oxygen atoms in total. The van der Waals surface area contributed by atoms with Crippen molar-refractivity contribution in [2.45, 2.75) is 6.92 Å². The zero-order valence-corrected chi connectivity index (χ0v) is 8.32. The molecule has 2 heteroatoms. The van der Waals surface area contributed by atoms with Gasteiger partial charge in [0.1, 0.15) is 0 Å². The van der Waals surface area contributed by atoms with Crippen molar-refractivity contribution < 1.29 is 1.43 Å². The van der Waals surface area contributed by atoms with Crippen LogP contribution in [-0.4, -0.2) is 23.1 Å². The van der Waals surface area contributed by atoms with Gasteiger partial charge in [0.05, 0.1) is 0 Å². The molecule has 0 heterocycles. The fourth-order valence-corrected chi connectivity index (χ4v) is 0.767. The Morgan fingerprint density at radius 1 is 1.67 bits per heavy atom. The summed E-state index contributed by atoms with van der Waals surface area (Å²) in [6, 6.07) is 8.92. The molecule has 1 rings (SSSR count). The minimum atomic E-state index is 0. The first kappa shape index (κ1) is 9.47. The Labute approximate surface area is 81.4 Å². The van der Waals surface area contributed by atoms with Crippen molar-refractivity contribution in [3.8, 4) is 0 Å². The molecule has 0 aliphatic rings. The van der Waals surface area contributed by atoms with Crippen molar-refractivity contribution in [3.05, 3.63) is 34.3 Å². The van der Waals surface area contributed by atoms with Crippen LogP contribution in [0.3, 0.4) is 0 Å². The molecule has 0 aliphatic carbocycles. The number of hydrogen-bond donors (Lipinski definition) is 0. The molecule has 44 valence electrons. The van der Waals surface area contributed by atoms with Crippen LogP contribution in [0.5, 0.6) is 0 Å². The topological polar surface area (TPSA) is 0 Å². The molecule has 0 aromatic heterocycles. The summed E-state index contributed by atoms with van der Waals surface area (Å²) in [6.07, 6.45) is 0. The van der Waals surface area contributed by atoms with Gasteiger partial charge < -0.3 is 1.43 Å². The standard InChI is InChI=1S/C7H6Br.Mg.H/c1-6-4-2-3-5-7(6)8;;/h2-3,5H,1H3;;/q-1;+2;-1. The van der Waals surface area contributed by atoms with Crippen molar-refractivity contribution in [1.82, 2.24) is 0 Å². The normalized spacial score (nSPS) is 8.22. The van der Waals surface area contributed by atoms with Crippen LogP contribution in [0.4, 0.5) is 0 Å². The number of rotatable bonds is 0. The Morgan fingerprint density at radius 3 is 2.67 bits per heavy atom. The van der Waals surface area contributed by atoms with Crippen LogP contribution in [0.2, 0.25) is 0 Å². The molecular weight excluding hydrogens is 188 g/mol. The van der Waals surface area contributed by atoms with Gasteiger partial charge in [-0.15, -0.1) is 15.9 Å². The van der Waals surface area contributed by atoms with Crippen LogP contribution in [-0.2, 0) is 0 Å². The second-order valence-electron chi connectivity index (χ2n) is 1.64. The average Bonchev–Trinajstić information content (AvgIpc) is 1.77. The number of aryl methyl sites for hydroxylation is 1. The van der Waals surface area contributed by atoms with Gasteiger partial charge in [0.15, 0.2) is 0 Å². The molecule has 1 aromatic carbocycles. The minimum Gasteiger partial charge on any atom is -1.00 e. The van der Waals surface area contributed by atoms with E-state index < -0.39 is 0 Å². The van der Waals surface area contributed by atoms with Gasteiger partial charge >= 0.3 is 23.1 Å². The minimum absolute atomic E-state index is 0. The average molecular weight is 195 g/mol. The van der Waals surface area contributed by atoms with E-state index in [1.54, 1.807) is 0 Å². The van der Waals surface area contributed by atoms with Crippen LogP contribution >= 0.6 is 15.9 Å². The van der Waals surface area contributed by atoms with Crippen LogP contribution < -0.4 is 0 Å². The molecule has 9 heavy (non-hydrogen) atoms.